The SMILES string of the molecule is COc1ccc(OCCOC(=O)c2cc(-c3cccc4ccccc34)nc3ccccc23)cc1. The lowest BCUT2D eigenvalue weighted by molar-refractivity contribution is 0.0452. The van der Waals surface area contributed by atoms with E-state index in [0.29, 0.717) is 11.3 Å². The highest BCUT2D eigenvalue weighted by Crippen LogP contribution is 2.30. The molecule has 4 aromatic carbocycles. The van der Waals surface area contributed by atoms with Crippen LogP contribution in [0.15, 0.2) is 97.1 Å². The third-order valence-electron chi connectivity index (χ3n) is 5.65. The van der Waals surface area contributed by atoms with Gasteiger partial charge in [0.25, 0.3) is 0 Å². The molecule has 0 aliphatic rings. The topological polar surface area (TPSA) is 57.7 Å². The second-order valence-electron chi connectivity index (χ2n) is 7.76. The Labute approximate surface area is 197 Å². The van der Waals surface area contributed by atoms with E-state index in [-0.39, 0.29) is 13.2 Å². The fraction of sp³-hybridized carbons (Fsp3) is 0.103. The maximum atomic E-state index is 13.1. The van der Waals surface area contributed by atoms with Crippen molar-refractivity contribution in [3.63, 3.8) is 0 Å². The van der Waals surface area contributed by atoms with Crippen LogP contribution in [0, 0.1) is 0 Å². The number of hydrogen-bond donors (Lipinski definition) is 0. The monoisotopic (exact) mass is 449 g/mol. The summed E-state index contributed by atoms with van der Waals surface area (Å²) < 4.78 is 16.4. The smallest absolute Gasteiger partial charge is 0.339 e. The molecule has 0 aliphatic heterocycles. The number of carbonyl (C=O) groups is 1. The quantitative estimate of drug-likeness (QED) is 0.216. The number of benzene rings is 4. The van der Waals surface area contributed by atoms with Gasteiger partial charge in [-0.05, 0) is 47.2 Å². The van der Waals surface area contributed by atoms with Gasteiger partial charge in [0.2, 0.25) is 0 Å². The molecule has 0 fully saturated rings. The highest BCUT2D eigenvalue weighted by atomic mass is 16.6. The highest BCUT2D eigenvalue weighted by Gasteiger charge is 2.16. The lowest BCUT2D eigenvalue weighted by atomic mass is 9.99. The van der Waals surface area contributed by atoms with Crippen LogP contribution >= 0.6 is 0 Å². The van der Waals surface area contributed by atoms with Crippen LogP contribution in [0.2, 0.25) is 0 Å². The zero-order chi connectivity index (χ0) is 23.3. The third kappa shape index (κ3) is 4.41. The number of ether oxygens (including phenoxy) is 3. The minimum Gasteiger partial charge on any atom is -0.497 e. The number of hydrogen-bond acceptors (Lipinski definition) is 5. The van der Waals surface area contributed by atoms with Crippen LogP contribution in [0.4, 0.5) is 0 Å². The zero-order valence-corrected chi connectivity index (χ0v) is 18.7. The van der Waals surface area contributed by atoms with E-state index in [1.807, 2.05) is 78.9 Å². The van der Waals surface area contributed by atoms with Crippen molar-refractivity contribution in [3.05, 3.63) is 103 Å². The molecule has 0 bridgehead atoms. The van der Waals surface area contributed by atoms with Gasteiger partial charge in [-0.1, -0.05) is 60.7 Å². The van der Waals surface area contributed by atoms with Crippen molar-refractivity contribution < 1.29 is 19.0 Å². The molecule has 1 aromatic heterocycles. The van der Waals surface area contributed by atoms with E-state index < -0.39 is 5.97 Å². The Morgan fingerprint density at radius 2 is 1.47 bits per heavy atom. The lowest BCUT2D eigenvalue weighted by Gasteiger charge is -2.12. The molecule has 0 N–H and O–H groups in total. The first kappa shape index (κ1) is 21.5. The predicted octanol–water partition coefficient (Wildman–Crippen LogP) is 6.30. The van der Waals surface area contributed by atoms with Gasteiger partial charge in [0.15, 0.2) is 0 Å². The van der Waals surface area contributed by atoms with E-state index in [0.717, 1.165) is 38.7 Å². The Balaban J connectivity index is 1.39. The summed E-state index contributed by atoms with van der Waals surface area (Å²) in [6.07, 6.45) is 0. The van der Waals surface area contributed by atoms with Crippen LogP contribution in [0.25, 0.3) is 32.9 Å². The minimum absolute atomic E-state index is 0.130. The summed E-state index contributed by atoms with van der Waals surface area (Å²) in [6, 6.07) is 30.9. The number of rotatable bonds is 7. The first-order chi connectivity index (χ1) is 16.7. The second-order valence-corrected chi connectivity index (χ2v) is 7.76. The maximum Gasteiger partial charge on any atom is 0.339 e. The predicted molar refractivity (Wildman–Crippen MR) is 133 cm³/mol. The number of aromatic nitrogens is 1. The van der Waals surface area contributed by atoms with E-state index in [1.54, 1.807) is 7.11 Å². The van der Waals surface area contributed by atoms with Crippen molar-refractivity contribution >= 4 is 27.6 Å². The Morgan fingerprint density at radius 1 is 0.765 bits per heavy atom. The highest BCUT2D eigenvalue weighted by molar-refractivity contribution is 6.06. The molecule has 0 radical (unpaired) electrons. The zero-order valence-electron chi connectivity index (χ0n) is 18.7. The number of methoxy groups -OCH3 is 1. The number of esters is 1. The van der Waals surface area contributed by atoms with Gasteiger partial charge in [0.05, 0.1) is 23.9 Å². The number of para-hydroxylation sites is 1. The van der Waals surface area contributed by atoms with E-state index in [9.17, 15) is 4.79 Å². The van der Waals surface area contributed by atoms with E-state index >= 15 is 0 Å². The van der Waals surface area contributed by atoms with Gasteiger partial charge in [-0.3, -0.25) is 0 Å². The molecule has 0 aliphatic carbocycles. The standard InChI is InChI=1S/C29H23NO4/c1-32-21-13-15-22(16-14-21)33-17-18-34-29(31)26-19-28(30-27-12-5-4-10-25(26)27)24-11-6-8-20-7-2-3-9-23(20)24/h2-16,19H,17-18H2,1H3. The van der Waals surface area contributed by atoms with E-state index in [2.05, 4.69) is 18.2 Å². The fourth-order valence-electron chi connectivity index (χ4n) is 3.97. The summed E-state index contributed by atoms with van der Waals surface area (Å²) in [5.41, 5.74) is 2.94. The van der Waals surface area contributed by atoms with Gasteiger partial charge >= 0.3 is 5.97 Å². The molecule has 5 rings (SSSR count). The molecule has 1 heterocycles. The molecule has 0 amide bonds. The first-order valence-electron chi connectivity index (χ1n) is 11.0. The fourth-order valence-corrected chi connectivity index (χ4v) is 3.97. The summed E-state index contributed by atoms with van der Waals surface area (Å²) in [7, 11) is 1.61. The Kier molecular flexibility index (Phi) is 6.08. The average Bonchev–Trinajstić information content (AvgIpc) is 2.90. The number of carbonyl (C=O) groups excluding carboxylic acids is 1. The average molecular weight is 450 g/mol. The van der Waals surface area contributed by atoms with Gasteiger partial charge < -0.3 is 14.2 Å². The molecule has 0 atom stereocenters. The molecule has 0 saturated heterocycles. The van der Waals surface area contributed by atoms with Gasteiger partial charge in [-0.2, -0.15) is 0 Å². The molecule has 0 spiro atoms. The lowest BCUT2D eigenvalue weighted by Crippen LogP contribution is -2.13. The van der Waals surface area contributed by atoms with Gasteiger partial charge in [-0.25, -0.2) is 9.78 Å². The van der Waals surface area contributed by atoms with Gasteiger partial charge in [0.1, 0.15) is 24.7 Å². The van der Waals surface area contributed by atoms with Crippen LogP contribution < -0.4 is 9.47 Å². The van der Waals surface area contributed by atoms with Crippen LogP contribution in [0.1, 0.15) is 10.4 Å². The van der Waals surface area contributed by atoms with Crippen LogP contribution in [0.5, 0.6) is 11.5 Å². The first-order valence-corrected chi connectivity index (χ1v) is 11.0. The summed E-state index contributed by atoms with van der Waals surface area (Å²) >= 11 is 0. The molecule has 34 heavy (non-hydrogen) atoms. The van der Waals surface area contributed by atoms with Crippen molar-refractivity contribution in [1.29, 1.82) is 0 Å². The second kappa shape index (κ2) is 9.63. The number of nitrogens with zero attached hydrogens (tertiary/aromatic N) is 1. The third-order valence-corrected chi connectivity index (χ3v) is 5.65. The Hall–Kier alpha value is -4.38. The van der Waals surface area contributed by atoms with Crippen LogP contribution in [-0.4, -0.2) is 31.3 Å². The summed E-state index contributed by atoms with van der Waals surface area (Å²) in [5, 5.41) is 2.96. The number of pyridine rings is 1. The number of fused-ring (bicyclic) bond motifs is 2. The molecule has 168 valence electrons. The largest absolute Gasteiger partial charge is 0.497 e. The van der Waals surface area contributed by atoms with Crippen LogP contribution in [0.3, 0.4) is 0 Å². The molecular weight excluding hydrogens is 426 g/mol. The molecular formula is C29H23NO4. The molecule has 5 aromatic rings. The van der Waals surface area contributed by atoms with Gasteiger partial charge in [0, 0.05) is 10.9 Å². The molecule has 5 heteroatoms. The minimum atomic E-state index is -0.404. The van der Waals surface area contributed by atoms with Crippen LogP contribution in [-0.2, 0) is 4.74 Å². The van der Waals surface area contributed by atoms with Gasteiger partial charge in [-0.15, -0.1) is 0 Å². The normalized spacial score (nSPS) is 10.9. The summed E-state index contributed by atoms with van der Waals surface area (Å²) in [5.74, 6) is 1.04. The van der Waals surface area contributed by atoms with Crippen molar-refractivity contribution in [3.8, 4) is 22.8 Å². The van der Waals surface area contributed by atoms with Crippen molar-refractivity contribution in [2.45, 2.75) is 0 Å². The Bertz CT molecular complexity index is 1460. The van der Waals surface area contributed by atoms with Crippen molar-refractivity contribution in [1.82, 2.24) is 4.98 Å². The van der Waals surface area contributed by atoms with Crippen molar-refractivity contribution in [2.24, 2.45) is 0 Å². The van der Waals surface area contributed by atoms with E-state index in [4.69, 9.17) is 19.2 Å². The maximum absolute atomic E-state index is 13.1. The Morgan fingerprint density at radius 3 is 2.29 bits per heavy atom. The molecule has 5 nitrogen and oxygen atoms in total. The molecule has 0 saturated carbocycles. The van der Waals surface area contributed by atoms with E-state index in [1.165, 1.54) is 0 Å². The summed E-state index contributed by atoms with van der Waals surface area (Å²) in [4.78, 5) is 17.9. The van der Waals surface area contributed by atoms with Crippen molar-refractivity contribution in [2.75, 3.05) is 20.3 Å². The summed E-state index contributed by atoms with van der Waals surface area (Å²) in [6.45, 7) is 0.377. The molecule has 0 unspecified atom stereocenters.